The van der Waals surface area contributed by atoms with E-state index in [4.69, 9.17) is 28.3 Å². The molecule has 1 aromatic carbocycles. The molecular formula is C10H8Cl2O2. The van der Waals surface area contributed by atoms with Gasteiger partial charge in [0.1, 0.15) is 0 Å². The van der Waals surface area contributed by atoms with Gasteiger partial charge in [-0.3, -0.25) is 0 Å². The van der Waals surface area contributed by atoms with E-state index in [1.165, 1.54) is 12.1 Å². The number of rotatable bonds is 3. The van der Waals surface area contributed by atoms with Crippen molar-refractivity contribution in [1.29, 1.82) is 0 Å². The Labute approximate surface area is 91.8 Å². The van der Waals surface area contributed by atoms with Crippen LogP contribution in [0.15, 0.2) is 24.3 Å². The Morgan fingerprint density at radius 2 is 2.14 bits per heavy atom. The summed E-state index contributed by atoms with van der Waals surface area (Å²) in [5, 5.41) is 9.15. The van der Waals surface area contributed by atoms with Crippen LogP contribution in [0.4, 0.5) is 0 Å². The fraction of sp³-hybridized carbons (Fsp3) is 0.100. The van der Waals surface area contributed by atoms with E-state index in [9.17, 15) is 4.79 Å². The van der Waals surface area contributed by atoms with Crippen molar-refractivity contribution in [3.05, 3.63) is 40.4 Å². The molecular weight excluding hydrogens is 223 g/mol. The lowest BCUT2D eigenvalue weighted by Gasteiger charge is -1.98. The van der Waals surface area contributed by atoms with Crippen molar-refractivity contribution in [2.75, 3.05) is 5.88 Å². The zero-order chi connectivity index (χ0) is 10.6. The molecule has 74 valence electrons. The van der Waals surface area contributed by atoms with Crippen molar-refractivity contribution < 1.29 is 9.90 Å². The van der Waals surface area contributed by atoms with Gasteiger partial charge >= 0.3 is 5.97 Å². The molecule has 0 unspecified atom stereocenters. The molecule has 0 aliphatic heterocycles. The molecule has 0 heterocycles. The van der Waals surface area contributed by atoms with Crippen LogP contribution in [0.25, 0.3) is 6.08 Å². The number of halogens is 2. The highest BCUT2D eigenvalue weighted by Gasteiger charge is 2.04. The van der Waals surface area contributed by atoms with Crippen molar-refractivity contribution in [2.24, 2.45) is 0 Å². The summed E-state index contributed by atoms with van der Waals surface area (Å²) in [6.07, 6.45) is 3.45. The Kier molecular flexibility index (Phi) is 3.98. The number of alkyl halides is 1. The summed E-state index contributed by atoms with van der Waals surface area (Å²) in [6, 6.07) is 4.62. The third kappa shape index (κ3) is 3.05. The number of hydrogen-bond donors (Lipinski definition) is 1. The molecule has 0 saturated heterocycles. The predicted octanol–water partition coefficient (Wildman–Crippen LogP) is 3.29. The number of carboxylic acids is 1. The van der Waals surface area contributed by atoms with Gasteiger partial charge in [-0.05, 0) is 23.8 Å². The highest BCUT2D eigenvalue weighted by molar-refractivity contribution is 6.31. The quantitative estimate of drug-likeness (QED) is 0.810. The van der Waals surface area contributed by atoms with Gasteiger partial charge < -0.3 is 5.11 Å². The molecule has 0 fully saturated rings. The maximum absolute atomic E-state index is 10.7. The van der Waals surface area contributed by atoms with Gasteiger partial charge in [0.15, 0.2) is 0 Å². The first-order chi connectivity index (χ1) is 6.63. The van der Waals surface area contributed by atoms with E-state index in [2.05, 4.69) is 0 Å². The van der Waals surface area contributed by atoms with Gasteiger partial charge in [-0.15, -0.1) is 11.6 Å². The van der Waals surface area contributed by atoms with Crippen LogP contribution in [0.3, 0.4) is 0 Å². The summed E-state index contributed by atoms with van der Waals surface area (Å²) in [4.78, 5) is 10.7. The third-order valence-electron chi connectivity index (χ3n) is 1.57. The van der Waals surface area contributed by atoms with Gasteiger partial charge in [0.2, 0.25) is 0 Å². The first-order valence-corrected chi connectivity index (χ1v) is 4.81. The molecule has 0 aliphatic carbocycles. The van der Waals surface area contributed by atoms with Crippen LogP contribution in [-0.2, 0) is 0 Å². The molecule has 0 saturated carbocycles. The van der Waals surface area contributed by atoms with E-state index >= 15 is 0 Å². The average Bonchev–Trinajstić information content (AvgIpc) is 2.14. The molecule has 1 rings (SSSR count). The highest BCUT2D eigenvalue weighted by atomic mass is 35.5. The van der Waals surface area contributed by atoms with Crippen LogP contribution >= 0.6 is 23.2 Å². The SMILES string of the molecule is O=C(O)c1cc(Cl)cc(C=CCCl)c1. The maximum atomic E-state index is 10.7. The summed E-state index contributed by atoms with van der Waals surface area (Å²) >= 11 is 11.2. The molecule has 1 aromatic rings. The van der Waals surface area contributed by atoms with Crippen LogP contribution in [0, 0.1) is 0 Å². The Morgan fingerprint density at radius 3 is 2.71 bits per heavy atom. The number of aromatic carboxylic acids is 1. The van der Waals surface area contributed by atoms with E-state index in [-0.39, 0.29) is 5.56 Å². The van der Waals surface area contributed by atoms with Crippen LogP contribution in [0.1, 0.15) is 15.9 Å². The Hall–Kier alpha value is -0.990. The number of carbonyl (C=O) groups is 1. The second kappa shape index (κ2) is 5.03. The topological polar surface area (TPSA) is 37.3 Å². The van der Waals surface area contributed by atoms with Crippen LogP contribution in [-0.4, -0.2) is 17.0 Å². The summed E-state index contributed by atoms with van der Waals surface area (Å²) in [5.74, 6) is -0.609. The standard InChI is InChI=1S/C10H8Cl2O2/c11-3-1-2-7-4-8(10(13)14)6-9(12)5-7/h1-2,4-6H,3H2,(H,13,14). The van der Waals surface area contributed by atoms with Gasteiger partial charge in [0, 0.05) is 10.9 Å². The average molecular weight is 231 g/mol. The predicted molar refractivity (Wildman–Crippen MR) is 58.2 cm³/mol. The Morgan fingerprint density at radius 1 is 1.43 bits per heavy atom. The molecule has 14 heavy (non-hydrogen) atoms. The first kappa shape index (κ1) is 11.1. The first-order valence-electron chi connectivity index (χ1n) is 3.90. The van der Waals surface area contributed by atoms with Gasteiger partial charge in [-0.25, -0.2) is 4.79 Å². The van der Waals surface area contributed by atoms with Crippen molar-refractivity contribution in [2.45, 2.75) is 0 Å². The summed E-state index contributed by atoms with van der Waals surface area (Å²) in [5.41, 5.74) is 0.905. The van der Waals surface area contributed by atoms with Crippen LogP contribution in [0.5, 0.6) is 0 Å². The number of carboxylic acid groups (broad SMARTS) is 1. The monoisotopic (exact) mass is 230 g/mol. The largest absolute Gasteiger partial charge is 0.478 e. The van der Waals surface area contributed by atoms with Gasteiger partial charge in [-0.2, -0.15) is 0 Å². The summed E-state index contributed by atoms with van der Waals surface area (Å²) in [6.45, 7) is 0. The Bertz CT molecular complexity index is 372. The van der Waals surface area contributed by atoms with Gasteiger partial charge in [0.25, 0.3) is 0 Å². The van der Waals surface area contributed by atoms with E-state index in [0.717, 1.165) is 5.56 Å². The molecule has 0 aliphatic rings. The summed E-state index contributed by atoms with van der Waals surface area (Å²) < 4.78 is 0. The number of benzene rings is 1. The van der Waals surface area contributed by atoms with Crippen LogP contribution in [0.2, 0.25) is 5.02 Å². The van der Waals surface area contributed by atoms with Crippen molar-refractivity contribution in [1.82, 2.24) is 0 Å². The van der Waals surface area contributed by atoms with Crippen molar-refractivity contribution in [3.63, 3.8) is 0 Å². The normalized spacial score (nSPS) is 10.7. The molecule has 1 N–H and O–H groups in total. The van der Waals surface area contributed by atoms with E-state index < -0.39 is 5.97 Å². The van der Waals surface area contributed by atoms with Gasteiger partial charge in [0.05, 0.1) is 5.56 Å². The molecule has 2 nitrogen and oxygen atoms in total. The smallest absolute Gasteiger partial charge is 0.335 e. The minimum absolute atomic E-state index is 0.173. The van der Waals surface area contributed by atoms with Crippen molar-refractivity contribution in [3.8, 4) is 0 Å². The molecule has 0 spiro atoms. The second-order valence-corrected chi connectivity index (χ2v) is 3.38. The molecule has 0 aromatic heterocycles. The highest BCUT2D eigenvalue weighted by Crippen LogP contribution is 2.16. The number of hydrogen-bond acceptors (Lipinski definition) is 1. The zero-order valence-electron chi connectivity index (χ0n) is 7.21. The third-order valence-corrected chi connectivity index (χ3v) is 1.96. The molecule has 0 bridgehead atoms. The maximum Gasteiger partial charge on any atom is 0.335 e. The number of allylic oxidation sites excluding steroid dienone is 1. The molecule has 0 atom stereocenters. The molecule has 0 amide bonds. The summed E-state index contributed by atoms with van der Waals surface area (Å²) in [7, 11) is 0. The van der Waals surface area contributed by atoms with E-state index in [0.29, 0.717) is 10.9 Å². The minimum Gasteiger partial charge on any atom is -0.478 e. The van der Waals surface area contributed by atoms with Crippen molar-refractivity contribution >= 4 is 35.2 Å². The fourth-order valence-corrected chi connectivity index (χ4v) is 1.35. The Balaban J connectivity index is 3.07. The molecule has 0 radical (unpaired) electrons. The fourth-order valence-electron chi connectivity index (χ4n) is 1.01. The van der Waals surface area contributed by atoms with E-state index in [1.807, 2.05) is 0 Å². The van der Waals surface area contributed by atoms with Gasteiger partial charge in [-0.1, -0.05) is 23.8 Å². The minimum atomic E-state index is -0.993. The lowest BCUT2D eigenvalue weighted by atomic mass is 10.1. The molecule has 4 heteroatoms. The van der Waals surface area contributed by atoms with E-state index in [1.54, 1.807) is 18.2 Å². The lowest BCUT2D eigenvalue weighted by molar-refractivity contribution is 0.0697. The second-order valence-electron chi connectivity index (χ2n) is 2.64. The lowest BCUT2D eigenvalue weighted by Crippen LogP contribution is -1.96. The van der Waals surface area contributed by atoms with Crippen LogP contribution < -0.4 is 0 Å². The zero-order valence-corrected chi connectivity index (χ0v) is 8.72.